The van der Waals surface area contributed by atoms with Crippen LogP contribution in [-0.4, -0.2) is 27.7 Å². The lowest BCUT2D eigenvalue weighted by Gasteiger charge is -2.10. The minimum absolute atomic E-state index is 0.141. The van der Waals surface area contributed by atoms with E-state index in [-0.39, 0.29) is 5.91 Å². The average Bonchev–Trinajstić information content (AvgIpc) is 3.16. The van der Waals surface area contributed by atoms with Gasteiger partial charge in [0.05, 0.1) is 6.61 Å². The summed E-state index contributed by atoms with van der Waals surface area (Å²) in [6, 6.07) is 14.9. The highest BCUT2D eigenvalue weighted by Gasteiger charge is 2.12. The Hall–Kier alpha value is -2.80. The van der Waals surface area contributed by atoms with E-state index in [4.69, 9.17) is 4.74 Å². The summed E-state index contributed by atoms with van der Waals surface area (Å²) in [5.74, 6) is 1.27. The molecule has 0 radical (unpaired) electrons. The molecule has 1 aromatic heterocycles. The van der Waals surface area contributed by atoms with Crippen LogP contribution >= 0.6 is 11.8 Å². The van der Waals surface area contributed by atoms with Gasteiger partial charge in [-0.15, -0.1) is 0 Å². The van der Waals surface area contributed by atoms with E-state index in [2.05, 4.69) is 20.5 Å². The first-order valence-electron chi connectivity index (χ1n) is 7.86. The molecule has 0 aliphatic rings. The molecule has 0 saturated carbocycles. The van der Waals surface area contributed by atoms with E-state index >= 15 is 0 Å². The summed E-state index contributed by atoms with van der Waals surface area (Å²) in [4.78, 5) is 16.7. The van der Waals surface area contributed by atoms with Gasteiger partial charge >= 0.3 is 0 Å². The first-order chi connectivity index (χ1) is 12.3. The molecule has 0 spiro atoms. The summed E-state index contributed by atoms with van der Waals surface area (Å²) in [5.41, 5.74) is 2.31. The molecule has 0 unspecified atom stereocenters. The highest BCUT2D eigenvalue weighted by Crippen LogP contribution is 2.22. The molecule has 0 bridgehead atoms. The summed E-state index contributed by atoms with van der Waals surface area (Å²) in [6.07, 6.45) is 1.47. The van der Waals surface area contributed by atoms with Gasteiger partial charge in [-0.3, -0.25) is 9.89 Å². The van der Waals surface area contributed by atoms with Crippen LogP contribution in [0.15, 0.2) is 60.0 Å². The molecular formula is C18H18N4O2S. The van der Waals surface area contributed by atoms with Crippen LogP contribution in [0.25, 0.3) is 0 Å². The second-order valence-corrected chi connectivity index (χ2v) is 6.11. The third kappa shape index (κ3) is 4.60. The molecule has 1 heterocycles. The molecule has 2 N–H and O–H groups in total. The quantitative estimate of drug-likeness (QED) is 0.632. The number of hydrogen-bond acceptors (Lipinski definition) is 5. The molecule has 0 saturated heterocycles. The van der Waals surface area contributed by atoms with Crippen molar-refractivity contribution in [3.8, 4) is 5.75 Å². The molecule has 0 atom stereocenters. The summed E-state index contributed by atoms with van der Waals surface area (Å²) >= 11 is 1.50. The monoisotopic (exact) mass is 354 g/mol. The Morgan fingerprint density at radius 3 is 2.72 bits per heavy atom. The fourth-order valence-corrected chi connectivity index (χ4v) is 3.06. The van der Waals surface area contributed by atoms with Crippen molar-refractivity contribution in [3.63, 3.8) is 0 Å². The normalized spacial score (nSPS) is 10.4. The Balaban J connectivity index is 1.69. The van der Waals surface area contributed by atoms with Crippen molar-refractivity contribution in [2.75, 3.05) is 11.9 Å². The second-order valence-electron chi connectivity index (χ2n) is 5.15. The number of H-pyrrole nitrogens is 1. The third-order valence-corrected chi connectivity index (χ3v) is 4.37. The van der Waals surface area contributed by atoms with Crippen LogP contribution in [0.1, 0.15) is 22.8 Å². The maximum absolute atomic E-state index is 12.6. The number of carbonyl (C=O) groups excluding carboxylic acids is 1. The van der Waals surface area contributed by atoms with Gasteiger partial charge < -0.3 is 10.1 Å². The Kier molecular flexibility index (Phi) is 5.69. The van der Waals surface area contributed by atoms with Crippen LogP contribution in [0.3, 0.4) is 0 Å². The molecule has 128 valence electrons. The minimum atomic E-state index is -0.141. The lowest BCUT2D eigenvalue weighted by Crippen LogP contribution is -2.14. The topological polar surface area (TPSA) is 79.9 Å². The van der Waals surface area contributed by atoms with Crippen molar-refractivity contribution >= 4 is 23.4 Å². The number of hydrogen-bond donors (Lipinski definition) is 2. The zero-order valence-electron chi connectivity index (χ0n) is 13.7. The predicted octanol–water partition coefficient (Wildman–Crippen LogP) is 3.75. The predicted molar refractivity (Wildman–Crippen MR) is 97.9 cm³/mol. The van der Waals surface area contributed by atoms with Crippen LogP contribution in [0.5, 0.6) is 5.75 Å². The van der Waals surface area contributed by atoms with Crippen LogP contribution in [0.2, 0.25) is 0 Å². The largest absolute Gasteiger partial charge is 0.494 e. The average molecular weight is 354 g/mol. The maximum atomic E-state index is 12.6. The van der Waals surface area contributed by atoms with Crippen molar-refractivity contribution in [2.24, 2.45) is 0 Å². The number of aromatic amines is 1. The fourth-order valence-electron chi connectivity index (χ4n) is 2.28. The molecule has 7 heteroatoms. The SMILES string of the molecule is CCOc1ccc(NC(=O)c2ccccc2CSc2ncn[nH]2)cc1. The second kappa shape index (κ2) is 8.34. The van der Waals surface area contributed by atoms with Crippen LogP contribution in [-0.2, 0) is 5.75 Å². The van der Waals surface area contributed by atoms with Gasteiger partial charge in [-0.2, -0.15) is 5.10 Å². The number of rotatable bonds is 7. The van der Waals surface area contributed by atoms with E-state index in [1.54, 1.807) is 0 Å². The lowest BCUT2D eigenvalue weighted by molar-refractivity contribution is 0.102. The van der Waals surface area contributed by atoms with E-state index in [1.807, 2.05) is 55.5 Å². The van der Waals surface area contributed by atoms with Crippen LogP contribution in [0.4, 0.5) is 5.69 Å². The summed E-state index contributed by atoms with van der Waals surface area (Å²) in [5, 5.41) is 10.3. The lowest BCUT2D eigenvalue weighted by atomic mass is 10.1. The van der Waals surface area contributed by atoms with Crippen molar-refractivity contribution in [3.05, 3.63) is 66.0 Å². The molecule has 25 heavy (non-hydrogen) atoms. The van der Waals surface area contributed by atoms with Crippen molar-refractivity contribution in [1.29, 1.82) is 0 Å². The zero-order chi connectivity index (χ0) is 17.5. The van der Waals surface area contributed by atoms with Gasteiger partial charge in [-0.1, -0.05) is 30.0 Å². The highest BCUT2D eigenvalue weighted by atomic mass is 32.2. The Bertz CT molecular complexity index is 819. The first-order valence-corrected chi connectivity index (χ1v) is 8.85. The van der Waals surface area contributed by atoms with Gasteiger partial charge in [0.1, 0.15) is 12.1 Å². The molecule has 0 fully saturated rings. The van der Waals surface area contributed by atoms with E-state index in [0.29, 0.717) is 17.9 Å². The molecule has 6 nitrogen and oxygen atoms in total. The smallest absolute Gasteiger partial charge is 0.255 e. The summed E-state index contributed by atoms with van der Waals surface area (Å²) in [7, 11) is 0. The standard InChI is InChI=1S/C18H18N4O2S/c1-2-24-15-9-7-14(8-10-15)21-17(23)16-6-4-3-5-13(16)11-25-18-19-12-20-22-18/h3-10,12H,2,11H2,1H3,(H,21,23)(H,19,20,22). The zero-order valence-corrected chi connectivity index (χ0v) is 14.5. The van der Waals surface area contributed by atoms with E-state index in [0.717, 1.165) is 22.2 Å². The third-order valence-electron chi connectivity index (χ3n) is 3.44. The van der Waals surface area contributed by atoms with E-state index < -0.39 is 0 Å². The van der Waals surface area contributed by atoms with Gasteiger partial charge in [-0.25, -0.2) is 4.98 Å². The Morgan fingerprint density at radius 1 is 1.20 bits per heavy atom. The van der Waals surface area contributed by atoms with Gasteiger partial charge in [0, 0.05) is 17.0 Å². The molecular weight excluding hydrogens is 336 g/mol. The van der Waals surface area contributed by atoms with Crippen molar-refractivity contribution < 1.29 is 9.53 Å². The van der Waals surface area contributed by atoms with Gasteiger partial charge in [-0.05, 0) is 42.8 Å². The maximum Gasteiger partial charge on any atom is 0.255 e. The molecule has 3 rings (SSSR count). The number of nitrogens with one attached hydrogen (secondary N) is 2. The van der Waals surface area contributed by atoms with Gasteiger partial charge in [0.25, 0.3) is 5.91 Å². The minimum Gasteiger partial charge on any atom is -0.494 e. The number of thioether (sulfide) groups is 1. The Labute approximate surface area is 150 Å². The van der Waals surface area contributed by atoms with Gasteiger partial charge in [0.15, 0.2) is 5.16 Å². The molecule has 0 aliphatic carbocycles. The number of aromatic nitrogens is 3. The molecule has 1 amide bonds. The fraction of sp³-hybridized carbons (Fsp3) is 0.167. The van der Waals surface area contributed by atoms with Crippen molar-refractivity contribution in [2.45, 2.75) is 17.8 Å². The Morgan fingerprint density at radius 2 is 2.00 bits per heavy atom. The molecule has 3 aromatic rings. The van der Waals surface area contributed by atoms with Crippen molar-refractivity contribution in [1.82, 2.24) is 15.2 Å². The van der Waals surface area contributed by atoms with E-state index in [9.17, 15) is 4.79 Å². The summed E-state index contributed by atoms with van der Waals surface area (Å²) < 4.78 is 5.41. The van der Waals surface area contributed by atoms with Crippen LogP contribution < -0.4 is 10.1 Å². The first kappa shape index (κ1) is 17.0. The number of nitrogens with zero attached hydrogens (tertiary/aromatic N) is 2. The van der Waals surface area contributed by atoms with E-state index in [1.165, 1.54) is 18.1 Å². The highest BCUT2D eigenvalue weighted by molar-refractivity contribution is 7.98. The number of amides is 1. The molecule has 0 aliphatic heterocycles. The van der Waals surface area contributed by atoms with Crippen LogP contribution in [0, 0.1) is 0 Å². The van der Waals surface area contributed by atoms with Gasteiger partial charge in [0.2, 0.25) is 0 Å². The number of anilines is 1. The molecule has 2 aromatic carbocycles. The summed E-state index contributed by atoms with van der Waals surface area (Å²) in [6.45, 7) is 2.55. The number of carbonyl (C=O) groups is 1. The number of benzene rings is 2. The number of ether oxygens (including phenoxy) is 1.